The molecule has 0 saturated carbocycles. The third-order valence-electron chi connectivity index (χ3n) is 3.53. The van der Waals surface area contributed by atoms with Gasteiger partial charge in [0.1, 0.15) is 0 Å². The normalized spacial score (nSPS) is 11.4. The van der Waals surface area contributed by atoms with Crippen molar-refractivity contribution in [3.8, 4) is 0 Å². The first kappa shape index (κ1) is 19.0. The number of nitrogens with zero attached hydrogens (tertiary/aromatic N) is 2. The molecule has 1 amide bonds. The Bertz CT molecular complexity index is 798. The number of benzene rings is 1. The highest BCUT2D eigenvalue weighted by atomic mass is 35.5. The highest BCUT2D eigenvalue weighted by Crippen LogP contribution is 2.35. The van der Waals surface area contributed by atoms with Crippen molar-refractivity contribution in [2.45, 2.75) is 33.0 Å². The Morgan fingerprint density at radius 1 is 1.24 bits per heavy atom. The number of anilines is 1. The predicted molar refractivity (Wildman–Crippen MR) is 86.7 cm³/mol. The summed E-state index contributed by atoms with van der Waals surface area (Å²) in [6, 6.07) is 6.30. The zero-order valence-corrected chi connectivity index (χ0v) is 14.2. The Morgan fingerprint density at radius 3 is 2.32 bits per heavy atom. The van der Waals surface area contributed by atoms with Crippen LogP contribution in [0, 0.1) is 6.92 Å². The average molecular weight is 374 g/mol. The lowest BCUT2D eigenvalue weighted by atomic mass is 10.1. The van der Waals surface area contributed by atoms with E-state index < -0.39 is 22.8 Å². The van der Waals surface area contributed by atoms with Crippen LogP contribution >= 0.6 is 11.6 Å². The molecular formula is C16H15ClF3N3O2. The molecule has 9 heteroatoms. The summed E-state index contributed by atoms with van der Waals surface area (Å²) in [6.45, 7) is 2.79. The minimum absolute atomic E-state index is 0.0427. The lowest BCUT2D eigenvalue weighted by molar-refractivity contribution is -0.141. The monoisotopic (exact) mass is 373 g/mol. The van der Waals surface area contributed by atoms with Crippen molar-refractivity contribution in [1.29, 1.82) is 0 Å². The summed E-state index contributed by atoms with van der Waals surface area (Å²) in [5.41, 5.74) is -0.0137. The van der Waals surface area contributed by atoms with E-state index in [4.69, 9.17) is 11.6 Å². The van der Waals surface area contributed by atoms with Crippen LogP contribution in [0.3, 0.4) is 0 Å². The molecule has 0 radical (unpaired) electrons. The fourth-order valence-corrected chi connectivity index (χ4v) is 2.38. The largest absolute Gasteiger partial charge is 0.436 e. The molecule has 0 unspecified atom stereocenters. The van der Waals surface area contributed by atoms with Gasteiger partial charge in [0, 0.05) is 17.7 Å². The standard InChI is InChI=1S/C16H15ClF3N3O2/c1-9-14(17)15(16(18,19)20)22-23(9)8-7-13(25)21-12-5-3-11(4-6-12)10(2)24/h3-6H,7-8H2,1-2H3,(H,21,25). The molecule has 0 saturated heterocycles. The van der Waals surface area contributed by atoms with Gasteiger partial charge in [-0.25, -0.2) is 0 Å². The SMILES string of the molecule is CC(=O)c1ccc(NC(=O)CCn2nc(C(F)(F)F)c(Cl)c2C)cc1. The molecule has 0 aliphatic heterocycles. The minimum Gasteiger partial charge on any atom is -0.326 e. The number of hydrogen-bond acceptors (Lipinski definition) is 3. The van der Waals surface area contributed by atoms with Crippen LogP contribution in [0.15, 0.2) is 24.3 Å². The van der Waals surface area contributed by atoms with Gasteiger partial charge in [0.15, 0.2) is 11.5 Å². The second kappa shape index (κ2) is 7.26. The molecule has 1 N–H and O–H groups in total. The number of hydrogen-bond donors (Lipinski definition) is 1. The summed E-state index contributed by atoms with van der Waals surface area (Å²) < 4.78 is 39.3. The lowest BCUT2D eigenvalue weighted by Gasteiger charge is -2.07. The van der Waals surface area contributed by atoms with Gasteiger partial charge in [0.05, 0.1) is 17.3 Å². The first-order chi connectivity index (χ1) is 11.6. The van der Waals surface area contributed by atoms with Gasteiger partial charge in [-0.05, 0) is 38.1 Å². The van der Waals surface area contributed by atoms with Crippen molar-refractivity contribution < 1.29 is 22.8 Å². The van der Waals surface area contributed by atoms with Crippen LogP contribution in [0.1, 0.15) is 35.1 Å². The Hall–Kier alpha value is -2.35. The van der Waals surface area contributed by atoms with Crippen LogP contribution < -0.4 is 5.32 Å². The molecule has 0 atom stereocenters. The van der Waals surface area contributed by atoms with Gasteiger partial charge >= 0.3 is 6.18 Å². The molecule has 0 aliphatic carbocycles. The number of alkyl halides is 3. The van der Waals surface area contributed by atoms with Crippen molar-refractivity contribution in [3.63, 3.8) is 0 Å². The highest BCUT2D eigenvalue weighted by Gasteiger charge is 2.38. The first-order valence-electron chi connectivity index (χ1n) is 7.30. The Labute approximate surface area is 146 Å². The molecule has 1 aromatic heterocycles. The van der Waals surface area contributed by atoms with E-state index in [-0.39, 0.29) is 24.4 Å². The second-order valence-electron chi connectivity index (χ2n) is 5.40. The number of nitrogens with one attached hydrogen (secondary N) is 1. The topological polar surface area (TPSA) is 64.0 Å². The maximum atomic E-state index is 12.8. The third kappa shape index (κ3) is 4.60. The van der Waals surface area contributed by atoms with Gasteiger partial charge < -0.3 is 5.32 Å². The van der Waals surface area contributed by atoms with Gasteiger partial charge in [-0.2, -0.15) is 18.3 Å². The number of carbonyl (C=O) groups is 2. The van der Waals surface area contributed by atoms with E-state index in [1.807, 2.05) is 0 Å². The maximum absolute atomic E-state index is 12.8. The molecule has 0 spiro atoms. The maximum Gasteiger partial charge on any atom is 0.436 e. The average Bonchev–Trinajstić information content (AvgIpc) is 2.81. The summed E-state index contributed by atoms with van der Waals surface area (Å²) in [4.78, 5) is 23.1. The first-order valence-corrected chi connectivity index (χ1v) is 7.68. The zero-order valence-electron chi connectivity index (χ0n) is 13.4. The molecule has 2 aromatic rings. The third-order valence-corrected chi connectivity index (χ3v) is 3.98. The number of amides is 1. The lowest BCUT2D eigenvalue weighted by Crippen LogP contribution is -2.16. The van der Waals surface area contributed by atoms with E-state index >= 15 is 0 Å². The zero-order chi connectivity index (χ0) is 18.8. The van der Waals surface area contributed by atoms with Crippen LogP contribution in [-0.4, -0.2) is 21.5 Å². The van der Waals surface area contributed by atoms with Gasteiger partial charge in [0.25, 0.3) is 0 Å². The van der Waals surface area contributed by atoms with Crippen LogP contribution in [0.2, 0.25) is 5.02 Å². The fourth-order valence-electron chi connectivity index (χ4n) is 2.14. The van der Waals surface area contributed by atoms with Crippen molar-refractivity contribution >= 4 is 29.0 Å². The molecule has 1 heterocycles. The van der Waals surface area contributed by atoms with Crippen LogP contribution in [0.25, 0.3) is 0 Å². The molecule has 134 valence electrons. The molecule has 25 heavy (non-hydrogen) atoms. The van der Waals surface area contributed by atoms with Crippen molar-refractivity contribution in [3.05, 3.63) is 46.2 Å². The second-order valence-corrected chi connectivity index (χ2v) is 5.78. The van der Waals surface area contributed by atoms with Gasteiger partial charge in [-0.1, -0.05) is 11.6 Å². The van der Waals surface area contributed by atoms with Crippen molar-refractivity contribution in [2.75, 3.05) is 5.32 Å². The van der Waals surface area contributed by atoms with Crippen molar-refractivity contribution in [1.82, 2.24) is 9.78 Å². The number of halogens is 4. The van der Waals surface area contributed by atoms with E-state index in [1.54, 1.807) is 24.3 Å². The Morgan fingerprint density at radius 2 is 1.84 bits per heavy atom. The molecular weight excluding hydrogens is 359 g/mol. The van der Waals surface area contributed by atoms with E-state index in [0.717, 1.165) is 4.68 Å². The summed E-state index contributed by atoms with van der Waals surface area (Å²) in [6.07, 6.45) is -4.72. The van der Waals surface area contributed by atoms with E-state index in [0.29, 0.717) is 11.3 Å². The summed E-state index contributed by atoms with van der Waals surface area (Å²) in [5.74, 6) is -0.487. The quantitative estimate of drug-likeness (QED) is 0.803. The molecule has 1 aromatic carbocycles. The van der Waals surface area contributed by atoms with E-state index in [1.165, 1.54) is 13.8 Å². The summed E-state index contributed by atoms with van der Waals surface area (Å²) in [5, 5.41) is 5.57. The smallest absolute Gasteiger partial charge is 0.326 e. The number of aromatic nitrogens is 2. The fraction of sp³-hybridized carbons (Fsp3) is 0.312. The number of aryl methyl sites for hydroxylation is 1. The Balaban J connectivity index is 1.99. The van der Waals surface area contributed by atoms with Gasteiger partial charge in [0.2, 0.25) is 5.91 Å². The molecule has 0 aliphatic rings. The minimum atomic E-state index is -4.65. The van der Waals surface area contributed by atoms with Crippen LogP contribution in [-0.2, 0) is 17.5 Å². The molecule has 2 rings (SSSR count). The highest BCUT2D eigenvalue weighted by molar-refractivity contribution is 6.31. The number of carbonyl (C=O) groups excluding carboxylic acids is 2. The van der Waals surface area contributed by atoms with E-state index in [2.05, 4.69) is 10.4 Å². The number of rotatable bonds is 5. The van der Waals surface area contributed by atoms with Gasteiger partial charge in [-0.15, -0.1) is 0 Å². The predicted octanol–water partition coefficient (Wildman–Crippen LogP) is 4.10. The van der Waals surface area contributed by atoms with Crippen LogP contribution in [0.5, 0.6) is 0 Å². The van der Waals surface area contributed by atoms with Crippen LogP contribution in [0.4, 0.5) is 18.9 Å². The van der Waals surface area contributed by atoms with E-state index in [9.17, 15) is 22.8 Å². The number of Topliss-reactive ketones (excluding diaryl/α,β-unsaturated/α-hetero) is 1. The van der Waals surface area contributed by atoms with Crippen molar-refractivity contribution in [2.24, 2.45) is 0 Å². The number of ketones is 1. The molecule has 0 bridgehead atoms. The summed E-state index contributed by atoms with van der Waals surface area (Å²) in [7, 11) is 0. The molecule has 5 nitrogen and oxygen atoms in total. The van der Waals surface area contributed by atoms with Gasteiger partial charge in [-0.3, -0.25) is 14.3 Å². The molecule has 0 fully saturated rings. The summed E-state index contributed by atoms with van der Waals surface area (Å²) >= 11 is 5.65. The Kier molecular flexibility index (Phi) is 5.52.